The second-order valence-corrected chi connectivity index (χ2v) is 10.1. The topological polar surface area (TPSA) is 71.5 Å². The van der Waals surface area contributed by atoms with Gasteiger partial charge in [-0.2, -0.15) is 0 Å². The second kappa shape index (κ2) is 6.07. The Hall–Kier alpha value is -0.540. The van der Waals surface area contributed by atoms with Crippen LogP contribution in [-0.2, 0) is 21.3 Å². The average molecular weight is 358 g/mol. The Balaban J connectivity index is 1.20. The summed E-state index contributed by atoms with van der Waals surface area (Å²) < 4.78 is 32.6. The van der Waals surface area contributed by atoms with Crippen molar-refractivity contribution < 1.29 is 13.2 Å². The number of hydrogen-bond donors (Lipinski definition) is 1. The maximum absolute atomic E-state index is 11.9. The lowest BCUT2D eigenvalue weighted by Crippen LogP contribution is -2.64. The van der Waals surface area contributed by atoms with Gasteiger partial charge in [-0.15, -0.1) is 11.3 Å². The fourth-order valence-corrected chi connectivity index (χ4v) is 5.58. The zero-order valence-corrected chi connectivity index (χ0v) is 14.7. The Morgan fingerprint density at radius 2 is 2.22 bits per heavy atom. The molecule has 23 heavy (non-hydrogen) atoms. The van der Waals surface area contributed by atoms with Crippen LogP contribution in [0.15, 0.2) is 11.6 Å². The summed E-state index contributed by atoms with van der Waals surface area (Å²) in [6, 6.07) is 0. The maximum atomic E-state index is 11.9. The number of sulfonamides is 1. The number of rotatable bonds is 6. The van der Waals surface area contributed by atoms with Gasteiger partial charge in [0.05, 0.1) is 24.0 Å². The average Bonchev–Trinajstić information content (AvgIpc) is 3.25. The molecule has 128 valence electrons. The SMILES string of the molecule is O=S(=O)(NCC1CCC2(CN(Cc3nccs3)C2)OC1)C1CC1. The van der Waals surface area contributed by atoms with Gasteiger partial charge in [-0.1, -0.05) is 0 Å². The number of thiazole rings is 1. The molecule has 3 aliphatic rings. The summed E-state index contributed by atoms with van der Waals surface area (Å²) in [7, 11) is -3.06. The largest absolute Gasteiger partial charge is 0.372 e. The molecule has 1 spiro atoms. The molecule has 1 aliphatic carbocycles. The number of nitrogens with one attached hydrogen (secondary N) is 1. The normalized spacial score (nSPS) is 27.9. The molecule has 1 aromatic rings. The second-order valence-electron chi connectivity index (χ2n) is 7.06. The van der Waals surface area contributed by atoms with Crippen molar-refractivity contribution >= 4 is 21.4 Å². The number of nitrogens with zero attached hydrogens (tertiary/aromatic N) is 2. The van der Waals surface area contributed by atoms with Crippen LogP contribution in [0, 0.1) is 5.92 Å². The van der Waals surface area contributed by atoms with Gasteiger partial charge in [0.1, 0.15) is 5.01 Å². The number of hydrogen-bond acceptors (Lipinski definition) is 6. The van der Waals surface area contributed by atoms with Crippen LogP contribution in [0.5, 0.6) is 0 Å². The first-order chi connectivity index (χ1) is 11.0. The van der Waals surface area contributed by atoms with Gasteiger partial charge in [0.25, 0.3) is 0 Å². The van der Waals surface area contributed by atoms with Gasteiger partial charge in [-0.3, -0.25) is 4.90 Å². The van der Waals surface area contributed by atoms with Gasteiger partial charge in [0.2, 0.25) is 10.0 Å². The van der Waals surface area contributed by atoms with Crippen LogP contribution in [-0.4, -0.2) is 55.4 Å². The summed E-state index contributed by atoms with van der Waals surface area (Å²) in [6.07, 6.45) is 5.54. The third-order valence-corrected chi connectivity index (χ3v) is 7.72. The summed E-state index contributed by atoms with van der Waals surface area (Å²) in [4.78, 5) is 6.69. The molecule has 3 heterocycles. The summed E-state index contributed by atoms with van der Waals surface area (Å²) >= 11 is 1.69. The smallest absolute Gasteiger partial charge is 0.214 e. The van der Waals surface area contributed by atoms with Gasteiger partial charge < -0.3 is 4.74 Å². The molecule has 2 saturated heterocycles. The first kappa shape index (κ1) is 16.0. The van der Waals surface area contributed by atoms with Crippen molar-refractivity contribution in [3.63, 3.8) is 0 Å². The molecule has 1 atom stereocenters. The van der Waals surface area contributed by atoms with Crippen LogP contribution in [0.2, 0.25) is 0 Å². The molecule has 1 aromatic heterocycles. The summed E-state index contributed by atoms with van der Waals surface area (Å²) in [5.74, 6) is 0.308. The monoisotopic (exact) mass is 357 g/mol. The fraction of sp³-hybridized carbons (Fsp3) is 0.800. The molecule has 3 fully saturated rings. The van der Waals surface area contributed by atoms with E-state index >= 15 is 0 Å². The third-order valence-electron chi connectivity index (χ3n) is 5.04. The zero-order valence-electron chi connectivity index (χ0n) is 13.1. The van der Waals surface area contributed by atoms with Gasteiger partial charge in [0, 0.05) is 31.2 Å². The van der Waals surface area contributed by atoms with Crippen LogP contribution >= 0.6 is 11.3 Å². The van der Waals surface area contributed by atoms with E-state index < -0.39 is 10.0 Å². The van der Waals surface area contributed by atoms with E-state index in [2.05, 4.69) is 14.6 Å². The molecule has 1 N–H and O–H groups in total. The fourth-order valence-electron chi connectivity index (χ4n) is 3.46. The van der Waals surface area contributed by atoms with E-state index in [0.29, 0.717) is 19.1 Å². The Bertz CT molecular complexity index is 627. The molecule has 2 aliphatic heterocycles. The van der Waals surface area contributed by atoms with Crippen molar-refractivity contribution in [2.24, 2.45) is 5.92 Å². The summed E-state index contributed by atoms with van der Waals surface area (Å²) in [6.45, 7) is 4.03. The highest BCUT2D eigenvalue weighted by atomic mass is 32.2. The van der Waals surface area contributed by atoms with Crippen LogP contribution < -0.4 is 4.72 Å². The van der Waals surface area contributed by atoms with Crippen LogP contribution in [0.1, 0.15) is 30.7 Å². The Morgan fingerprint density at radius 3 is 2.83 bits per heavy atom. The van der Waals surface area contributed by atoms with Gasteiger partial charge in [-0.25, -0.2) is 18.1 Å². The van der Waals surface area contributed by atoms with Crippen molar-refractivity contribution in [1.82, 2.24) is 14.6 Å². The first-order valence-electron chi connectivity index (χ1n) is 8.28. The maximum Gasteiger partial charge on any atom is 0.214 e. The molecule has 0 aromatic carbocycles. The highest BCUT2D eigenvalue weighted by Gasteiger charge is 2.46. The number of aromatic nitrogens is 1. The van der Waals surface area contributed by atoms with E-state index in [0.717, 1.165) is 50.3 Å². The minimum atomic E-state index is -3.06. The van der Waals surface area contributed by atoms with Gasteiger partial charge in [-0.05, 0) is 31.6 Å². The van der Waals surface area contributed by atoms with E-state index in [1.165, 1.54) is 0 Å². The molecule has 8 heteroatoms. The van der Waals surface area contributed by atoms with E-state index in [1.807, 2.05) is 11.6 Å². The molecule has 0 bridgehead atoms. The molecule has 1 saturated carbocycles. The molecule has 0 amide bonds. The molecule has 1 unspecified atom stereocenters. The minimum Gasteiger partial charge on any atom is -0.372 e. The van der Waals surface area contributed by atoms with Crippen molar-refractivity contribution in [3.8, 4) is 0 Å². The lowest BCUT2D eigenvalue weighted by molar-refractivity contribution is -0.181. The third kappa shape index (κ3) is 3.61. The van der Waals surface area contributed by atoms with Crippen LogP contribution in [0.3, 0.4) is 0 Å². The van der Waals surface area contributed by atoms with E-state index in [4.69, 9.17) is 4.74 Å². The number of likely N-dealkylation sites (tertiary alicyclic amines) is 1. The predicted molar refractivity (Wildman–Crippen MR) is 88.7 cm³/mol. The minimum absolute atomic E-state index is 0.00310. The lowest BCUT2D eigenvalue weighted by Gasteiger charge is -2.52. The molecular formula is C15H23N3O3S2. The van der Waals surface area contributed by atoms with E-state index in [1.54, 1.807) is 11.3 Å². The molecule has 0 radical (unpaired) electrons. The molecular weight excluding hydrogens is 334 g/mol. The van der Waals surface area contributed by atoms with Gasteiger partial charge in [0.15, 0.2) is 0 Å². The Kier molecular flexibility index (Phi) is 4.21. The Labute approximate surface area is 141 Å². The van der Waals surface area contributed by atoms with Crippen molar-refractivity contribution in [2.75, 3.05) is 26.2 Å². The molecule has 6 nitrogen and oxygen atoms in total. The molecule has 4 rings (SSSR count). The van der Waals surface area contributed by atoms with Crippen molar-refractivity contribution in [2.45, 2.75) is 43.1 Å². The number of ether oxygens (including phenoxy) is 1. The summed E-state index contributed by atoms with van der Waals surface area (Å²) in [5.41, 5.74) is 0.00310. The lowest BCUT2D eigenvalue weighted by atomic mass is 9.83. The van der Waals surface area contributed by atoms with Crippen LogP contribution in [0.4, 0.5) is 0 Å². The summed E-state index contributed by atoms with van der Waals surface area (Å²) in [5, 5.41) is 3.03. The standard InChI is InChI=1S/C15H23N3O3S2/c19-23(20,13-1-2-13)17-7-12-3-4-15(21-9-12)10-18(11-15)8-14-16-5-6-22-14/h5-6,12-13,17H,1-4,7-11H2. The predicted octanol–water partition coefficient (Wildman–Crippen LogP) is 1.21. The highest BCUT2D eigenvalue weighted by molar-refractivity contribution is 7.90. The van der Waals surface area contributed by atoms with Crippen LogP contribution in [0.25, 0.3) is 0 Å². The van der Waals surface area contributed by atoms with Crippen molar-refractivity contribution in [3.05, 3.63) is 16.6 Å². The van der Waals surface area contributed by atoms with E-state index in [-0.39, 0.29) is 10.9 Å². The first-order valence-corrected chi connectivity index (χ1v) is 10.7. The van der Waals surface area contributed by atoms with Gasteiger partial charge >= 0.3 is 0 Å². The van der Waals surface area contributed by atoms with Crippen molar-refractivity contribution in [1.29, 1.82) is 0 Å². The van der Waals surface area contributed by atoms with E-state index in [9.17, 15) is 8.42 Å². The zero-order chi connectivity index (χ0) is 15.9. The Morgan fingerprint density at radius 1 is 1.39 bits per heavy atom. The highest BCUT2D eigenvalue weighted by Crippen LogP contribution is 2.37. The quantitative estimate of drug-likeness (QED) is 0.828.